The average Bonchev–Trinajstić information content (AvgIpc) is 2.33. The van der Waals surface area contributed by atoms with Crippen molar-refractivity contribution in [2.45, 2.75) is 39.5 Å². The Morgan fingerprint density at radius 3 is 2.59 bits per heavy atom. The van der Waals surface area contributed by atoms with Crippen molar-refractivity contribution in [3.63, 3.8) is 0 Å². The lowest BCUT2D eigenvalue weighted by Crippen LogP contribution is -2.46. The molecule has 100 valence electrons. The maximum atomic E-state index is 11.6. The molecule has 0 radical (unpaired) electrons. The average molecular weight is 241 g/mol. The molecule has 1 aliphatic heterocycles. The van der Waals surface area contributed by atoms with E-state index in [1.165, 1.54) is 0 Å². The zero-order chi connectivity index (χ0) is 12.7. The van der Waals surface area contributed by atoms with E-state index in [2.05, 4.69) is 24.1 Å². The number of carbonyl (C=O) groups excluding carboxylic acids is 1. The number of carbonyl (C=O) groups is 1. The summed E-state index contributed by atoms with van der Waals surface area (Å²) in [6.45, 7) is 8.47. The van der Waals surface area contributed by atoms with Gasteiger partial charge in [-0.3, -0.25) is 9.69 Å². The smallest absolute Gasteiger partial charge is 0.234 e. The topological polar surface area (TPSA) is 58.4 Å². The predicted octanol–water partition coefficient (Wildman–Crippen LogP) is 0.964. The molecule has 1 rings (SSSR count). The van der Waals surface area contributed by atoms with Crippen molar-refractivity contribution in [3.05, 3.63) is 0 Å². The minimum Gasteiger partial charge on any atom is -0.355 e. The Kier molecular flexibility index (Phi) is 5.92. The van der Waals surface area contributed by atoms with Gasteiger partial charge in [-0.2, -0.15) is 0 Å². The summed E-state index contributed by atoms with van der Waals surface area (Å²) in [7, 11) is 0. The van der Waals surface area contributed by atoms with E-state index in [0.29, 0.717) is 6.54 Å². The van der Waals surface area contributed by atoms with Gasteiger partial charge in [0, 0.05) is 6.54 Å². The molecule has 0 atom stereocenters. The molecule has 1 amide bonds. The number of likely N-dealkylation sites (tertiary alicyclic amines) is 1. The summed E-state index contributed by atoms with van der Waals surface area (Å²) in [6.07, 6.45) is 4.40. The summed E-state index contributed by atoms with van der Waals surface area (Å²) >= 11 is 0. The lowest BCUT2D eigenvalue weighted by Gasteiger charge is -2.38. The van der Waals surface area contributed by atoms with E-state index in [9.17, 15) is 4.79 Å². The first-order chi connectivity index (χ1) is 8.09. The van der Waals surface area contributed by atoms with Gasteiger partial charge in [0.1, 0.15) is 0 Å². The van der Waals surface area contributed by atoms with Crippen LogP contribution < -0.4 is 11.1 Å². The number of piperidine rings is 1. The molecule has 0 aromatic heterocycles. The number of hydrogen-bond acceptors (Lipinski definition) is 3. The summed E-state index contributed by atoms with van der Waals surface area (Å²) in [5.74, 6) is 0.162. The molecule has 0 spiro atoms. The van der Waals surface area contributed by atoms with Crippen LogP contribution in [0.2, 0.25) is 0 Å². The number of rotatable bonds is 6. The fourth-order valence-corrected chi connectivity index (χ4v) is 2.12. The maximum absolute atomic E-state index is 11.6. The minimum atomic E-state index is 0.162. The molecule has 1 heterocycles. The van der Waals surface area contributed by atoms with Gasteiger partial charge in [-0.1, -0.05) is 20.3 Å². The third-order valence-corrected chi connectivity index (χ3v) is 3.78. The first kappa shape index (κ1) is 14.5. The van der Waals surface area contributed by atoms with E-state index in [0.717, 1.165) is 51.9 Å². The summed E-state index contributed by atoms with van der Waals surface area (Å²) in [6, 6.07) is 0. The van der Waals surface area contributed by atoms with Crippen LogP contribution in [0.4, 0.5) is 0 Å². The van der Waals surface area contributed by atoms with Gasteiger partial charge < -0.3 is 11.1 Å². The molecule has 0 aromatic carbocycles. The van der Waals surface area contributed by atoms with Crippen LogP contribution in [-0.4, -0.2) is 43.5 Å². The molecule has 0 bridgehead atoms. The molecule has 1 aliphatic rings. The third-order valence-electron chi connectivity index (χ3n) is 3.78. The fourth-order valence-electron chi connectivity index (χ4n) is 2.12. The molecule has 1 saturated heterocycles. The van der Waals surface area contributed by atoms with Crippen molar-refractivity contribution < 1.29 is 4.79 Å². The standard InChI is InChI=1S/C13H27N3O/c1-3-4-7-15-12(17)10-16-8-5-13(2,11-14)6-9-16/h3-11,14H2,1-2H3,(H,15,17). The van der Waals surface area contributed by atoms with Gasteiger partial charge in [-0.15, -0.1) is 0 Å². The number of hydrogen-bond donors (Lipinski definition) is 2. The SMILES string of the molecule is CCCCNC(=O)CN1CCC(C)(CN)CC1. The highest BCUT2D eigenvalue weighted by Gasteiger charge is 2.29. The molecular formula is C13H27N3O. The Bertz CT molecular complexity index is 235. The predicted molar refractivity (Wildman–Crippen MR) is 70.8 cm³/mol. The van der Waals surface area contributed by atoms with Gasteiger partial charge in [0.25, 0.3) is 0 Å². The molecule has 0 aromatic rings. The minimum absolute atomic E-state index is 0.162. The van der Waals surface area contributed by atoms with Crippen molar-refractivity contribution in [1.82, 2.24) is 10.2 Å². The normalized spacial score (nSPS) is 20.2. The van der Waals surface area contributed by atoms with Crippen molar-refractivity contribution >= 4 is 5.91 Å². The molecule has 0 aliphatic carbocycles. The van der Waals surface area contributed by atoms with Gasteiger partial charge in [-0.25, -0.2) is 0 Å². The third kappa shape index (κ3) is 5.04. The highest BCUT2D eigenvalue weighted by Crippen LogP contribution is 2.28. The largest absolute Gasteiger partial charge is 0.355 e. The van der Waals surface area contributed by atoms with E-state index in [-0.39, 0.29) is 11.3 Å². The van der Waals surface area contributed by atoms with Crippen LogP contribution in [0.25, 0.3) is 0 Å². The second-order valence-electron chi connectivity index (χ2n) is 5.49. The summed E-state index contributed by atoms with van der Waals surface area (Å²) in [4.78, 5) is 13.9. The second-order valence-corrected chi connectivity index (χ2v) is 5.49. The Balaban J connectivity index is 2.19. The molecule has 4 heteroatoms. The number of amides is 1. The zero-order valence-electron chi connectivity index (χ0n) is 11.3. The first-order valence-corrected chi connectivity index (χ1v) is 6.79. The highest BCUT2D eigenvalue weighted by atomic mass is 16.2. The quantitative estimate of drug-likeness (QED) is 0.681. The van der Waals surface area contributed by atoms with E-state index < -0.39 is 0 Å². The van der Waals surface area contributed by atoms with E-state index in [4.69, 9.17) is 5.73 Å². The summed E-state index contributed by atoms with van der Waals surface area (Å²) in [5, 5.41) is 2.96. The number of nitrogens with zero attached hydrogens (tertiary/aromatic N) is 1. The lowest BCUT2D eigenvalue weighted by atomic mass is 9.80. The number of nitrogens with one attached hydrogen (secondary N) is 1. The monoisotopic (exact) mass is 241 g/mol. The van der Waals surface area contributed by atoms with Gasteiger partial charge in [0.15, 0.2) is 0 Å². The van der Waals surface area contributed by atoms with Gasteiger partial charge in [-0.05, 0) is 44.3 Å². The second kappa shape index (κ2) is 6.97. The van der Waals surface area contributed by atoms with Crippen molar-refractivity contribution in [2.24, 2.45) is 11.1 Å². The molecule has 0 saturated carbocycles. The van der Waals surface area contributed by atoms with Crippen LogP contribution in [0, 0.1) is 5.41 Å². The van der Waals surface area contributed by atoms with Crippen LogP contribution >= 0.6 is 0 Å². The number of nitrogens with two attached hydrogens (primary N) is 1. The molecule has 1 fully saturated rings. The van der Waals surface area contributed by atoms with E-state index >= 15 is 0 Å². The maximum Gasteiger partial charge on any atom is 0.234 e. The lowest BCUT2D eigenvalue weighted by molar-refractivity contribution is -0.122. The van der Waals surface area contributed by atoms with Crippen LogP contribution in [0.5, 0.6) is 0 Å². The van der Waals surface area contributed by atoms with Crippen molar-refractivity contribution in [2.75, 3.05) is 32.7 Å². The van der Waals surface area contributed by atoms with E-state index in [1.54, 1.807) is 0 Å². The van der Waals surface area contributed by atoms with Gasteiger partial charge in [0.2, 0.25) is 5.91 Å². The first-order valence-electron chi connectivity index (χ1n) is 6.79. The summed E-state index contributed by atoms with van der Waals surface area (Å²) in [5.41, 5.74) is 6.05. The van der Waals surface area contributed by atoms with Gasteiger partial charge >= 0.3 is 0 Å². The molecular weight excluding hydrogens is 214 g/mol. The van der Waals surface area contributed by atoms with Crippen LogP contribution in [0.3, 0.4) is 0 Å². The van der Waals surface area contributed by atoms with Crippen LogP contribution in [0.1, 0.15) is 39.5 Å². The van der Waals surface area contributed by atoms with Crippen LogP contribution in [0.15, 0.2) is 0 Å². The Morgan fingerprint density at radius 2 is 2.06 bits per heavy atom. The Labute approximate surface area is 105 Å². The number of unbranched alkanes of at least 4 members (excludes halogenated alkanes) is 1. The van der Waals surface area contributed by atoms with Gasteiger partial charge in [0.05, 0.1) is 6.54 Å². The van der Waals surface area contributed by atoms with Crippen molar-refractivity contribution in [1.29, 1.82) is 0 Å². The molecule has 17 heavy (non-hydrogen) atoms. The zero-order valence-corrected chi connectivity index (χ0v) is 11.3. The Morgan fingerprint density at radius 1 is 1.41 bits per heavy atom. The molecule has 0 unspecified atom stereocenters. The molecule has 3 N–H and O–H groups in total. The molecule has 4 nitrogen and oxygen atoms in total. The van der Waals surface area contributed by atoms with Crippen molar-refractivity contribution in [3.8, 4) is 0 Å². The fraction of sp³-hybridized carbons (Fsp3) is 0.923. The highest BCUT2D eigenvalue weighted by molar-refractivity contribution is 5.77. The Hall–Kier alpha value is -0.610. The summed E-state index contributed by atoms with van der Waals surface area (Å²) < 4.78 is 0. The van der Waals surface area contributed by atoms with Crippen LogP contribution in [-0.2, 0) is 4.79 Å². The van der Waals surface area contributed by atoms with E-state index in [1.807, 2.05) is 0 Å².